The standard InChI is InChI=1S/C13H15N3/c1-13(2,3)9-16-12-7-11(14-4)6-5-10(12)8-15-16/h5-8H,9H2,1-3H3. The Hall–Kier alpha value is -1.82. The van der Waals surface area contributed by atoms with E-state index in [1.807, 2.05) is 29.1 Å². The first kappa shape index (κ1) is 10.7. The summed E-state index contributed by atoms with van der Waals surface area (Å²) in [7, 11) is 0. The van der Waals surface area contributed by atoms with E-state index in [-0.39, 0.29) is 5.41 Å². The second-order valence-electron chi connectivity index (χ2n) is 5.22. The van der Waals surface area contributed by atoms with Gasteiger partial charge in [0.2, 0.25) is 0 Å². The minimum Gasteiger partial charge on any atom is -0.266 e. The number of aromatic nitrogens is 2. The van der Waals surface area contributed by atoms with Crippen LogP contribution in [0.15, 0.2) is 24.4 Å². The Morgan fingerprint density at radius 3 is 2.75 bits per heavy atom. The number of nitrogens with zero attached hydrogens (tertiary/aromatic N) is 3. The molecule has 0 aliphatic heterocycles. The summed E-state index contributed by atoms with van der Waals surface area (Å²) in [5, 5.41) is 5.46. The maximum Gasteiger partial charge on any atom is 0.189 e. The molecule has 0 saturated carbocycles. The van der Waals surface area contributed by atoms with E-state index in [2.05, 4.69) is 30.7 Å². The second kappa shape index (κ2) is 3.64. The minimum atomic E-state index is 0.188. The van der Waals surface area contributed by atoms with Crippen LogP contribution in [0.25, 0.3) is 15.7 Å². The third kappa shape index (κ3) is 2.06. The highest BCUT2D eigenvalue weighted by atomic mass is 15.3. The van der Waals surface area contributed by atoms with Crippen molar-refractivity contribution in [1.29, 1.82) is 0 Å². The first-order valence-electron chi connectivity index (χ1n) is 5.33. The van der Waals surface area contributed by atoms with Gasteiger partial charge in [-0.3, -0.25) is 4.68 Å². The molecule has 82 valence electrons. The van der Waals surface area contributed by atoms with Crippen LogP contribution in [-0.2, 0) is 6.54 Å². The molecular formula is C13H15N3. The van der Waals surface area contributed by atoms with Gasteiger partial charge in [-0.1, -0.05) is 32.9 Å². The first-order valence-corrected chi connectivity index (χ1v) is 5.33. The Balaban J connectivity index is 2.51. The molecule has 0 N–H and O–H groups in total. The number of fused-ring (bicyclic) bond motifs is 1. The van der Waals surface area contributed by atoms with Gasteiger partial charge in [-0.25, -0.2) is 4.85 Å². The van der Waals surface area contributed by atoms with Gasteiger partial charge in [0.15, 0.2) is 5.69 Å². The summed E-state index contributed by atoms with van der Waals surface area (Å²) >= 11 is 0. The maximum absolute atomic E-state index is 7.02. The number of rotatable bonds is 1. The summed E-state index contributed by atoms with van der Waals surface area (Å²) in [6.45, 7) is 14.4. The molecular weight excluding hydrogens is 198 g/mol. The van der Waals surface area contributed by atoms with Crippen LogP contribution in [0.5, 0.6) is 0 Å². The van der Waals surface area contributed by atoms with E-state index < -0.39 is 0 Å². The smallest absolute Gasteiger partial charge is 0.189 e. The molecule has 0 spiro atoms. The molecule has 1 aromatic carbocycles. The normalized spacial score (nSPS) is 11.6. The summed E-state index contributed by atoms with van der Waals surface area (Å²) in [6, 6.07) is 5.69. The van der Waals surface area contributed by atoms with Crippen molar-refractivity contribution in [2.75, 3.05) is 0 Å². The summed E-state index contributed by atoms with van der Waals surface area (Å²) in [5.74, 6) is 0. The van der Waals surface area contributed by atoms with Crippen LogP contribution in [0.1, 0.15) is 20.8 Å². The van der Waals surface area contributed by atoms with Gasteiger partial charge in [0.25, 0.3) is 0 Å². The summed E-state index contributed by atoms with van der Waals surface area (Å²) in [6.07, 6.45) is 1.86. The van der Waals surface area contributed by atoms with Crippen LogP contribution in [0.4, 0.5) is 5.69 Å². The van der Waals surface area contributed by atoms with Gasteiger partial charge in [0.1, 0.15) is 0 Å². The van der Waals surface area contributed by atoms with Gasteiger partial charge in [-0.2, -0.15) is 5.10 Å². The Morgan fingerprint density at radius 1 is 1.38 bits per heavy atom. The molecule has 2 aromatic rings. The fraction of sp³-hybridized carbons (Fsp3) is 0.385. The Kier molecular flexibility index (Phi) is 2.43. The molecule has 0 radical (unpaired) electrons. The van der Waals surface area contributed by atoms with Gasteiger partial charge in [0.05, 0.1) is 18.3 Å². The van der Waals surface area contributed by atoms with Gasteiger partial charge in [0, 0.05) is 11.9 Å². The van der Waals surface area contributed by atoms with E-state index in [9.17, 15) is 0 Å². The van der Waals surface area contributed by atoms with E-state index in [0.29, 0.717) is 5.69 Å². The van der Waals surface area contributed by atoms with Crippen molar-refractivity contribution in [3.8, 4) is 0 Å². The van der Waals surface area contributed by atoms with Gasteiger partial charge in [-0.05, 0) is 11.5 Å². The highest BCUT2D eigenvalue weighted by Crippen LogP contribution is 2.24. The molecule has 0 saturated heterocycles. The Morgan fingerprint density at radius 2 is 2.12 bits per heavy atom. The van der Waals surface area contributed by atoms with E-state index in [4.69, 9.17) is 6.57 Å². The van der Waals surface area contributed by atoms with Crippen molar-refractivity contribution in [3.63, 3.8) is 0 Å². The van der Waals surface area contributed by atoms with Crippen LogP contribution in [0.2, 0.25) is 0 Å². The average Bonchev–Trinajstić information content (AvgIpc) is 2.58. The van der Waals surface area contributed by atoms with Crippen LogP contribution < -0.4 is 0 Å². The molecule has 0 bridgehead atoms. The summed E-state index contributed by atoms with van der Waals surface area (Å²) in [5.41, 5.74) is 1.90. The Labute approximate surface area is 95.5 Å². The van der Waals surface area contributed by atoms with E-state index >= 15 is 0 Å². The molecule has 1 aromatic heterocycles. The largest absolute Gasteiger partial charge is 0.266 e. The Bertz CT molecular complexity index is 553. The molecule has 0 atom stereocenters. The number of hydrogen-bond donors (Lipinski definition) is 0. The third-order valence-electron chi connectivity index (χ3n) is 2.38. The quantitative estimate of drug-likeness (QED) is 0.663. The van der Waals surface area contributed by atoms with Crippen molar-refractivity contribution >= 4 is 16.6 Å². The van der Waals surface area contributed by atoms with Crippen molar-refractivity contribution < 1.29 is 0 Å². The lowest BCUT2D eigenvalue weighted by Gasteiger charge is -2.18. The highest BCUT2D eigenvalue weighted by molar-refractivity contribution is 5.82. The third-order valence-corrected chi connectivity index (χ3v) is 2.38. The van der Waals surface area contributed by atoms with Crippen LogP contribution >= 0.6 is 0 Å². The van der Waals surface area contributed by atoms with Crippen molar-refractivity contribution in [2.24, 2.45) is 5.41 Å². The van der Waals surface area contributed by atoms with Crippen molar-refractivity contribution in [3.05, 3.63) is 35.8 Å². The zero-order valence-electron chi connectivity index (χ0n) is 9.86. The minimum absolute atomic E-state index is 0.188. The molecule has 0 aliphatic carbocycles. The van der Waals surface area contributed by atoms with E-state index in [1.54, 1.807) is 0 Å². The first-order chi connectivity index (χ1) is 7.49. The van der Waals surface area contributed by atoms with Crippen LogP contribution in [-0.4, -0.2) is 9.78 Å². The van der Waals surface area contributed by atoms with Crippen LogP contribution in [0.3, 0.4) is 0 Å². The fourth-order valence-corrected chi connectivity index (χ4v) is 1.70. The molecule has 3 heteroatoms. The van der Waals surface area contributed by atoms with Crippen molar-refractivity contribution in [1.82, 2.24) is 9.78 Å². The number of benzene rings is 1. The zero-order chi connectivity index (χ0) is 11.8. The van der Waals surface area contributed by atoms with Gasteiger partial charge < -0.3 is 0 Å². The van der Waals surface area contributed by atoms with E-state index in [1.165, 1.54) is 0 Å². The molecule has 1 heterocycles. The topological polar surface area (TPSA) is 22.2 Å². The lowest BCUT2D eigenvalue weighted by atomic mass is 9.97. The van der Waals surface area contributed by atoms with Gasteiger partial charge >= 0.3 is 0 Å². The summed E-state index contributed by atoms with van der Waals surface area (Å²) < 4.78 is 1.98. The predicted molar refractivity (Wildman–Crippen MR) is 65.5 cm³/mol. The zero-order valence-corrected chi connectivity index (χ0v) is 9.86. The SMILES string of the molecule is [C-]#[N+]c1ccc2cnn(CC(C)(C)C)c2c1. The van der Waals surface area contributed by atoms with Crippen molar-refractivity contribution in [2.45, 2.75) is 27.3 Å². The summed E-state index contributed by atoms with van der Waals surface area (Å²) in [4.78, 5) is 3.45. The predicted octanol–water partition coefficient (Wildman–Crippen LogP) is 3.63. The number of hydrogen-bond acceptors (Lipinski definition) is 1. The maximum atomic E-state index is 7.02. The molecule has 0 unspecified atom stereocenters. The fourth-order valence-electron chi connectivity index (χ4n) is 1.70. The molecule has 0 fully saturated rings. The van der Waals surface area contributed by atoms with Crippen LogP contribution in [0, 0.1) is 12.0 Å². The molecule has 3 nitrogen and oxygen atoms in total. The lowest BCUT2D eigenvalue weighted by molar-refractivity contribution is 0.331. The highest BCUT2D eigenvalue weighted by Gasteiger charge is 2.13. The average molecular weight is 213 g/mol. The molecule has 0 aliphatic rings. The monoisotopic (exact) mass is 213 g/mol. The van der Waals surface area contributed by atoms with Gasteiger partial charge in [-0.15, -0.1) is 0 Å². The lowest BCUT2D eigenvalue weighted by Crippen LogP contribution is -2.16. The van der Waals surface area contributed by atoms with E-state index in [0.717, 1.165) is 17.4 Å². The molecule has 16 heavy (non-hydrogen) atoms. The second-order valence-corrected chi connectivity index (χ2v) is 5.22. The molecule has 2 rings (SSSR count). The molecule has 0 amide bonds.